The molecule has 38 heavy (non-hydrogen) atoms. The summed E-state index contributed by atoms with van der Waals surface area (Å²) < 4.78 is 3.92. The lowest BCUT2D eigenvalue weighted by atomic mass is 9.99. The zero-order valence-electron chi connectivity index (χ0n) is 23.4. The van der Waals surface area contributed by atoms with Gasteiger partial charge in [-0.3, -0.25) is 9.36 Å². The Morgan fingerprint density at radius 2 is 0.974 bits per heavy atom. The minimum atomic E-state index is 0.623. The Morgan fingerprint density at radius 1 is 0.579 bits per heavy atom. The van der Waals surface area contributed by atoms with Gasteiger partial charge in [-0.25, -0.2) is 9.97 Å². The van der Waals surface area contributed by atoms with Crippen LogP contribution in [0.25, 0.3) is 34.2 Å². The van der Waals surface area contributed by atoms with Gasteiger partial charge in [-0.15, -0.1) is 10.2 Å². The summed E-state index contributed by atoms with van der Waals surface area (Å²) in [5.74, 6) is 1.25. The smallest absolute Gasteiger partial charge is 0.131 e. The molecule has 0 N–H and O–H groups in total. The molecule has 4 aromatic rings. The average molecular weight is 515 g/mol. The molecule has 202 valence electrons. The van der Waals surface area contributed by atoms with E-state index in [0.717, 1.165) is 60.1 Å². The Labute approximate surface area is 226 Å². The SMILES string of the molecule is CCCCC(CC)Cn1cc(-c2cccc(-c3cccc(-c4cn(CC(CC)CCCC)nn4)n3)n2)nn1. The number of pyridine rings is 2. The Morgan fingerprint density at radius 3 is 1.34 bits per heavy atom. The van der Waals surface area contributed by atoms with Gasteiger partial charge in [-0.05, 0) is 48.9 Å². The van der Waals surface area contributed by atoms with Crippen LogP contribution in [0.15, 0.2) is 48.8 Å². The van der Waals surface area contributed by atoms with Crippen LogP contribution in [0.5, 0.6) is 0 Å². The third-order valence-corrected chi connectivity index (χ3v) is 7.34. The molecule has 0 radical (unpaired) electrons. The Kier molecular flexibility index (Phi) is 10.1. The maximum atomic E-state index is 4.87. The van der Waals surface area contributed by atoms with Crippen LogP contribution in [0.2, 0.25) is 0 Å². The van der Waals surface area contributed by atoms with Crippen LogP contribution in [0.4, 0.5) is 0 Å². The number of aromatic nitrogens is 8. The van der Waals surface area contributed by atoms with Crippen molar-refractivity contribution >= 4 is 0 Å². The van der Waals surface area contributed by atoms with E-state index in [4.69, 9.17) is 9.97 Å². The molecule has 0 aliphatic rings. The first kappa shape index (κ1) is 27.6. The molecule has 0 saturated heterocycles. The topological polar surface area (TPSA) is 87.2 Å². The van der Waals surface area contributed by atoms with Crippen molar-refractivity contribution in [2.75, 3.05) is 0 Å². The van der Waals surface area contributed by atoms with Gasteiger partial charge in [-0.2, -0.15) is 0 Å². The van der Waals surface area contributed by atoms with Crippen molar-refractivity contribution in [2.45, 2.75) is 92.2 Å². The van der Waals surface area contributed by atoms with Crippen LogP contribution in [0.3, 0.4) is 0 Å². The second kappa shape index (κ2) is 13.9. The number of nitrogens with zero attached hydrogens (tertiary/aromatic N) is 8. The minimum absolute atomic E-state index is 0.623. The van der Waals surface area contributed by atoms with Crippen molar-refractivity contribution < 1.29 is 0 Å². The maximum absolute atomic E-state index is 4.87. The molecule has 0 saturated carbocycles. The molecule has 4 aromatic heterocycles. The molecule has 0 aliphatic heterocycles. The highest BCUT2D eigenvalue weighted by Gasteiger charge is 2.14. The lowest BCUT2D eigenvalue weighted by molar-refractivity contribution is 0.368. The summed E-state index contributed by atoms with van der Waals surface area (Å²) in [4.78, 5) is 9.75. The van der Waals surface area contributed by atoms with Gasteiger partial charge in [0.25, 0.3) is 0 Å². The molecule has 8 heteroatoms. The van der Waals surface area contributed by atoms with Crippen LogP contribution in [-0.4, -0.2) is 40.0 Å². The minimum Gasteiger partial charge on any atom is -0.252 e. The molecule has 2 unspecified atom stereocenters. The van der Waals surface area contributed by atoms with Gasteiger partial charge in [0.2, 0.25) is 0 Å². The Balaban J connectivity index is 1.48. The van der Waals surface area contributed by atoms with E-state index in [1.54, 1.807) is 0 Å². The van der Waals surface area contributed by atoms with Crippen molar-refractivity contribution in [1.82, 2.24) is 40.0 Å². The van der Waals surface area contributed by atoms with E-state index in [9.17, 15) is 0 Å². The fourth-order valence-electron chi connectivity index (χ4n) is 4.81. The van der Waals surface area contributed by atoms with Gasteiger partial charge in [0.15, 0.2) is 0 Å². The molecule has 8 nitrogen and oxygen atoms in total. The molecule has 4 rings (SSSR count). The van der Waals surface area contributed by atoms with E-state index >= 15 is 0 Å². The van der Waals surface area contributed by atoms with E-state index in [1.165, 1.54) is 38.5 Å². The summed E-state index contributed by atoms with van der Waals surface area (Å²) in [7, 11) is 0. The number of rotatable bonds is 15. The van der Waals surface area contributed by atoms with Gasteiger partial charge < -0.3 is 0 Å². The van der Waals surface area contributed by atoms with Crippen molar-refractivity contribution in [3.63, 3.8) is 0 Å². The largest absolute Gasteiger partial charge is 0.252 e. The maximum Gasteiger partial charge on any atom is 0.131 e. The monoisotopic (exact) mass is 514 g/mol. The van der Waals surface area contributed by atoms with Crippen LogP contribution >= 0.6 is 0 Å². The second-order valence-electron chi connectivity index (χ2n) is 10.3. The molecular weight excluding hydrogens is 472 g/mol. The zero-order chi connectivity index (χ0) is 26.7. The standard InChI is InChI=1S/C30H42N8/c1-5-9-13-23(7-3)19-37-21-29(33-35-37)27-17-11-15-25(31-27)26-16-12-18-28(32-26)30-22-38(36-34-30)20-24(8-4)14-10-6-2/h11-12,15-18,21-24H,5-10,13-14,19-20H2,1-4H3. The molecule has 0 aromatic carbocycles. The van der Waals surface area contributed by atoms with Gasteiger partial charge >= 0.3 is 0 Å². The highest BCUT2D eigenvalue weighted by molar-refractivity contribution is 5.64. The third-order valence-electron chi connectivity index (χ3n) is 7.34. The molecule has 4 heterocycles. The predicted molar refractivity (Wildman–Crippen MR) is 152 cm³/mol. The highest BCUT2D eigenvalue weighted by atomic mass is 15.4. The normalized spacial score (nSPS) is 13.1. The van der Waals surface area contributed by atoms with E-state index < -0.39 is 0 Å². The van der Waals surface area contributed by atoms with Gasteiger partial charge in [0.1, 0.15) is 11.4 Å². The number of hydrogen-bond donors (Lipinski definition) is 0. The summed E-state index contributed by atoms with van der Waals surface area (Å²) in [6, 6.07) is 11.9. The lowest BCUT2D eigenvalue weighted by Crippen LogP contribution is -2.10. The van der Waals surface area contributed by atoms with Gasteiger partial charge in [0, 0.05) is 13.1 Å². The predicted octanol–water partition coefficient (Wildman–Crippen LogP) is 7.09. The Hall–Kier alpha value is -3.42. The van der Waals surface area contributed by atoms with Crippen molar-refractivity contribution in [3.05, 3.63) is 48.8 Å². The van der Waals surface area contributed by atoms with E-state index in [0.29, 0.717) is 11.8 Å². The summed E-state index contributed by atoms with van der Waals surface area (Å²) in [5, 5.41) is 17.6. The lowest BCUT2D eigenvalue weighted by Gasteiger charge is -2.13. The molecule has 0 spiro atoms. The quantitative estimate of drug-likeness (QED) is 0.168. The first-order valence-corrected chi connectivity index (χ1v) is 14.4. The van der Waals surface area contributed by atoms with Gasteiger partial charge in [0.05, 0.1) is 35.2 Å². The van der Waals surface area contributed by atoms with Gasteiger partial charge in [-0.1, -0.05) is 88.8 Å². The second-order valence-corrected chi connectivity index (χ2v) is 10.3. The van der Waals surface area contributed by atoms with Crippen molar-refractivity contribution in [3.8, 4) is 34.2 Å². The van der Waals surface area contributed by atoms with Crippen LogP contribution < -0.4 is 0 Å². The average Bonchev–Trinajstić information content (AvgIpc) is 3.63. The molecule has 2 atom stereocenters. The number of unbranched alkanes of at least 4 members (excludes halogenated alkanes) is 2. The molecular formula is C30H42N8. The summed E-state index contributed by atoms with van der Waals surface area (Å²) in [6.45, 7) is 10.8. The Bertz CT molecular complexity index is 1160. The zero-order valence-corrected chi connectivity index (χ0v) is 23.4. The molecule has 0 bridgehead atoms. The molecule has 0 amide bonds. The van der Waals surface area contributed by atoms with E-state index in [1.807, 2.05) is 58.2 Å². The van der Waals surface area contributed by atoms with Crippen LogP contribution in [0, 0.1) is 11.8 Å². The fraction of sp³-hybridized carbons (Fsp3) is 0.533. The molecule has 0 fully saturated rings. The summed E-state index contributed by atoms with van der Waals surface area (Å²) in [5.41, 5.74) is 4.75. The molecule has 0 aliphatic carbocycles. The first-order chi connectivity index (χ1) is 18.6. The summed E-state index contributed by atoms with van der Waals surface area (Å²) >= 11 is 0. The van der Waals surface area contributed by atoms with Crippen molar-refractivity contribution in [2.24, 2.45) is 11.8 Å². The third kappa shape index (κ3) is 7.33. The first-order valence-electron chi connectivity index (χ1n) is 14.4. The van der Waals surface area contributed by atoms with Crippen LogP contribution in [-0.2, 0) is 13.1 Å². The summed E-state index contributed by atoms with van der Waals surface area (Å²) in [6.07, 6.45) is 13.7. The fourth-order valence-corrected chi connectivity index (χ4v) is 4.81. The van der Waals surface area contributed by atoms with E-state index in [2.05, 4.69) is 48.3 Å². The van der Waals surface area contributed by atoms with Crippen LogP contribution in [0.1, 0.15) is 79.1 Å². The van der Waals surface area contributed by atoms with E-state index in [-0.39, 0.29) is 0 Å². The highest BCUT2D eigenvalue weighted by Crippen LogP contribution is 2.24. The van der Waals surface area contributed by atoms with Crippen molar-refractivity contribution in [1.29, 1.82) is 0 Å². The number of hydrogen-bond acceptors (Lipinski definition) is 6.